The van der Waals surface area contributed by atoms with Gasteiger partial charge in [-0.3, -0.25) is 4.79 Å². The van der Waals surface area contributed by atoms with E-state index in [1.807, 2.05) is 23.1 Å². The molecule has 1 saturated heterocycles. The Balaban J connectivity index is 1.81. The fraction of sp³-hybridized carbons (Fsp3) is 0.500. The Hall–Kier alpha value is -0.830. The second kappa shape index (κ2) is 6.20. The van der Waals surface area contributed by atoms with Crippen molar-refractivity contribution < 1.29 is 4.79 Å². The van der Waals surface area contributed by atoms with Crippen LogP contribution < -0.4 is 0 Å². The molecule has 0 spiro atoms. The molecule has 1 aliphatic rings. The van der Waals surface area contributed by atoms with Crippen LogP contribution in [-0.2, 0) is 11.2 Å². The van der Waals surface area contributed by atoms with Crippen molar-refractivity contribution in [2.75, 3.05) is 13.1 Å². The highest BCUT2D eigenvalue weighted by Gasteiger charge is 2.21. The van der Waals surface area contributed by atoms with Gasteiger partial charge < -0.3 is 4.90 Å². The van der Waals surface area contributed by atoms with Crippen molar-refractivity contribution in [3.63, 3.8) is 0 Å². The lowest BCUT2D eigenvalue weighted by molar-refractivity contribution is -0.131. The van der Waals surface area contributed by atoms with E-state index < -0.39 is 0 Å². The minimum atomic E-state index is 0.290. The Labute approximate surface area is 111 Å². The van der Waals surface area contributed by atoms with Crippen LogP contribution in [0, 0.1) is 0 Å². The van der Waals surface area contributed by atoms with Crippen LogP contribution in [0.1, 0.15) is 24.8 Å². The van der Waals surface area contributed by atoms with Gasteiger partial charge in [0.05, 0.1) is 0 Å². The molecular formula is C14H18BrNO. The summed E-state index contributed by atoms with van der Waals surface area (Å²) in [5.74, 6) is 0.290. The van der Waals surface area contributed by atoms with E-state index >= 15 is 0 Å². The number of piperidine rings is 1. The van der Waals surface area contributed by atoms with E-state index in [0.717, 1.165) is 25.9 Å². The van der Waals surface area contributed by atoms with Gasteiger partial charge in [-0.25, -0.2) is 0 Å². The monoisotopic (exact) mass is 295 g/mol. The molecule has 1 unspecified atom stereocenters. The average Bonchev–Trinajstić information content (AvgIpc) is 2.37. The first-order chi connectivity index (χ1) is 8.25. The van der Waals surface area contributed by atoms with Crippen molar-refractivity contribution in [1.82, 2.24) is 4.90 Å². The van der Waals surface area contributed by atoms with Crippen LogP contribution in [0.2, 0.25) is 0 Å². The maximum Gasteiger partial charge on any atom is 0.222 e. The molecule has 0 radical (unpaired) electrons. The van der Waals surface area contributed by atoms with Crippen LogP contribution in [0.4, 0.5) is 0 Å². The third-order valence-corrected chi connectivity index (χ3v) is 3.93. The lowest BCUT2D eigenvalue weighted by atomic mass is 10.1. The zero-order valence-electron chi connectivity index (χ0n) is 9.94. The molecule has 2 rings (SSSR count). The van der Waals surface area contributed by atoms with Gasteiger partial charge in [-0.1, -0.05) is 46.3 Å². The van der Waals surface area contributed by atoms with E-state index in [-0.39, 0.29) is 5.91 Å². The first kappa shape index (κ1) is 12.6. The number of carbonyl (C=O) groups is 1. The molecule has 0 N–H and O–H groups in total. The Morgan fingerprint density at radius 2 is 2.12 bits per heavy atom. The Morgan fingerprint density at radius 1 is 1.35 bits per heavy atom. The summed E-state index contributed by atoms with van der Waals surface area (Å²) in [4.78, 5) is 14.5. The number of amides is 1. The van der Waals surface area contributed by atoms with E-state index in [1.165, 1.54) is 12.0 Å². The quantitative estimate of drug-likeness (QED) is 0.785. The molecule has 17 heavy (non-hydrogen) atoms. The molecule has 1 atom stereocenters. The largest absolute Gasteiger partial charge is 0.342 e. The second-order valence-corrected chi connectivity index (χ2v) is 5.86. The van der Waals surface area contributed by atoms with Crippen LogP contribution in [0.25, 0.3) is 0 Å². The Bertz CT molecular complexity index is 366. The van der Waals surface area contributed by atoms with Gasteiger partial charge in [0.25, 0.3) is 0 Å². The number of benzene rings is 1. The highest BCUT2D eigenvalue weighted by molar-refractivity contribution is 9.09. The van der Waals surface area contributed by atoms with Gasteiger partial charge in [-0.2, -0.15) is 0 Å². The molecule has 1 amide bonds. The van der Waals surface area contributed by atoms with E-state index in [1.54, 1.807) is 0 Å². The molecule has 1 aromatic rings. The fourth-order valence-corrected chi connectivity index (χ4v) is 2.88. The third kappa shape index (κ3) is 3.84. The van der Waals surface area contributed by atoms with Crippen LogP contribution in [0.5, 0.6) is 0 Å². The lowest BCUT2D eigenvalue weighted by Gasteiger charge is -2.30. The number of halogens is 1. The predicted octanol–water partition coefficient (Wildman–Crippen LogP) is 3.01. The molecule has 0 saturated carbocycles. The van der Waals surface area contributed by atoms with E-state index in [0.29, 0.717) is 11.2 Å². The summed E-state index contributed by atoms with van der Waals surface area (Å²) in [5.41, 5.74) is 1.24. The molecule has 1 aromatic carbocycles. The number of nitrogens with zero attached hydrogens (tertiary/aromatic N) is 1. The van der Waals surface area contributed by atoms with Crippen LogP contribution >= 0.6 is 15.9 Å². The molecule has 2 nitrogen and oxygen atoms in total. The number of likely N-dealkylation sites (tertiary alicyclic amines) is 1. The van der Waals surface area contributed by atoms with Gasteiger partial charge in [0.15, 0.2) is 0 Å². The summed E-state index contributed by atoms with van der Waals surface area (Å²) >= 11 is 3.60. The maximum atomic E-state index is 12.0. The van der Waals surface area contributed by atoms with E-state index in [4.69, 9.17) is 0 Å². The predicted molar refractivity (Wildman–Crippen MR) is 73.3 cm³/mol. The maximum absolute atomic E-state index is 12.0. The smallest absolute Gasteiger partial charge is 0.222 e. The van der Waals surface area contributed by atoms with Crippen molar-refractivity contribution in [3.05, 3.63) is 35.9 Å². The van der Waals surface area contributed by atoms with Crippen molar-refractivity contribution in [2.24, 2.45) is 0 Å². The van der Waals surface area contributed by atoms with Gasteiger partial charge in [-0.15, -0.1) is 0 Å². The second-order valence-electron chi connectivity index (χ2n) is 4.56. The van der Waals surface area contributed by atoms with E-state index in [9.17, 15) is 4.79 Å². The average molecular weight is 296 g/mol. The van der Waals surface area contributed by atoms with Crippen molar-refractivity contribution in [3.8, 4) is 0 Å². The lowest BCUT2D eigenvalue weighted by Crippen LogP contribution is -2.40. The minimum Gasteiger partial charge on any atom is -0.342 e. The van der Waals surface area contributed by atoms with Crippen molar-refractivity contribution in [2.45, 2.75) is 30.5 Å². The molecule has 0 aliphatic carbocycles. The van der Waals surface area contributed by atoms with Gasteiger partial charge >= 0.3 is 0 Å². The summed E-state index contributed by atoms with van der Waals surface area (Å²) in [6.45, 7) is 1.79. The summed E-state index contributed by atoms with van der Waals surface area (Å²) in [6.07, 6.45) is 3.78. The van der Waals surface area contributed by atoms with E-state index in [2.05, 4.69) is 28.1 Å². The zero-order valence-corrected chi connectivity index (χ0v) is 11.5. The number of hydrogen-bond donors (Lipinski definition) is 0. The van der Waals surface area contributed by atoms with Crippen LogP contribution in [0.3, 0.4) is 0 Å². The molecule has 0 bridgehead atoms. The number of alkyl halides is 1. The highest BCUT2D eigenvalue weighted by Crippen LogP contribution is 2.17. The summed E-state index contributed by atoms with van der Waals surface area (Å²) in [5, 5.41) is 0. The molecule has 3 heteroatoms. The topological polar surface area (TPSA) is 20.3 Å². The molecule has 1 fully saturated rings. The SMILES string of the molecule is O=C(CCc1ccccc1)N1CCCC(Br)C1. The number of carbonyl (C=O) groups excluding carboxylic acids is 1. The van der Waals surface area contributed by atoms with Gasteiger partial charge in [0.1, 0.15) is 0 Å². The fourth-order valence-electron chi connectivity index (χ4n) is 2.21. The minimum absolute atomic E-state index is 0.290. The van der Waals surface area contributed by atoms with Gasteiger partial charge in [0.2, 0.25) is 5.91 Å². The number of aryl methyl sites for hydroxylation is 1. The van der Waals surface area contributed by atoms with Crippen LogP contribution in [-0.4, -0.2) is 28.7 Å². The molecular weight excluding hydrogens is 278 g/mol. The summed E-state index contributed by atoms with van der Waals surface area (Å²) in [7, 11) is 0. The molecule has 1 heterocycles. The van der Waals surface area contributed by atoms with Crippen molar-refractivity contribution in [1.29, 1.82) is 0 Å². The molecule has 1 aliphatic heterocycles. The first-order valence-corrected chi connectivity index (χ1v) is 7.13. The normalized spacial score (nSPS) is 20.3. The number of rotatable bonds is 3. The summed E-state index contributed by atoms with van der Waals surface area (Å²) < 4.78 is 0. The standard InChI is InChI=1S/C14H18BrNO/c15-13-7-4-10-16(11-13)14(17)9-8-12-5-2-1-3-6-12/h1-3,5-6,13H,4,7-11H2. The third-order valence-electron chi connectivity index (χ3n) is 3.19. The molecule has 92 valence electrons. The number of hydrogen-bond acceptors (Lipinski definition) is 1. The Kier molecular flexibility index (Phi) is 4.60. The summed E-state index contributed by atoms with van der Waals surface area (Å²) in [6, 6.07) is 10.2. The Morgan fingerprint density at radius 3 is 2.82 bits per heavy atom. The van der Waals surface area contributed by atoms with Crippen LogP contribution in [0.15, 0.2) is 30.3 Å². The van der Waals surface area contributed by atoms with Crippen molar-refractivity contribution >= 4 is 21.8 Å². The zero-order chi connectivity index (χ0) is 12.1. The van der Waals surface area contributed by atoms with Gasteiger partial charge in [0, 0.05) is 24.3 Å². The first-order valence-electron chi connectivity index (χ1n) is 6.21. The highest BCUT2D eigenvalue weighted by atomic mass is 79.9. The molecule has 0 aromatic heterocycles. The van der Waals surface area contributed by atoms with Gasteiger partial charge in [-0.05, 0) is 24.8 Å².